The van der Waals surface area contributed by atoms with Gasteiger partial charge in [0.25, 0.3) is 0 Å². The normalized spacial score (nSPS) is 14.4. The summed E-state index contributed by atoms with van der Waals surface area (Å²) in [6.07, 6.45) is -1.11. The Kier molecular flexibility index (Phi) is 4.08. The summed E-state index contributed by atoms with van der Waals surface area (Å²) in [4.78, 5) is 11.1. The molecule has 0 aliphatic rings. The van der Waals surface area contributed by atoms with Crippen LogP contribution in [0.4, 0.5) is 0 Å². The molecule has 1 rings (SSSR count). The molecular weight excluding hydrogens is 218 g/mol. The van der Waals surface area contributed by atoms with Crippen molar-refractivity contribution in [3.63, 3.8) is 0 Å². The average molecular weight is 230 g/mol. The van der Waals surface area contributed by atoms with E-state index < -0.39 is 18.1 Å². The molecule has 0 amide bonds. The predicted molar refractivity (Wildman–Crippen MR) is 56.4 cm³/mol. The van der Waals surface area contributed by atoms with Gasteiger partial charge in [0, 0.05) is 5.02 Å². The minimum Gasteiger partial charge on any atom is -0.468 e. The fraction of sp³-hybridized carbons (Fsp3) is 0.300. The van der Waals surface area contributed by atoms with Crippen LogP contribution in [-0.4, -0.2) is 24.2 Å². The van der Waals surface area contributed by atoms with Gasteiger partial charge >= 0.3 is 5.97 Å². The van der Waals surface area contributed by atoms with E-state index in [0.717, 1.165) is 0 Å². The lowest BCUT2D eigenvalue weighted by atomic mass is 10.0. The molecule has 0 bridgehead atoms. The van der Waals surface area contributed by atoms with Crippen molar-refractivity contribution in [1.29, 1.82) is 0 Å². The summed E-state index contributed by atoms with van der Waals surface area (Å²) in [5.41, 5.74) is 5.97. The maximum Gasteiger partial charge on any atom is 0.325 e. The molecule has 0 heterocycles. The zero-order valence-corrected chi connectivity index (χ0v) is 8.94. The number of benzene rings is 1. The van der Waals surface area contributed by atoms with Gasteiger partial charge in [-0.2, -0.15) is 0 Å². The number of aliphatic hydroxyl groups is 1. The molecule has 1 aromatic carbocycles. The number of hydrogen-bond acceptors (Lipinski definition) is 4. The van der Waals surface area contributed by atoms with Crippen LogP contribution in [0.1, 0.15) is 11.7 Å². The van der Waals surface area contributed by atoms with E-state index >= 15 is 0 Å². The van der Waals surface area contributed by atoms with Crippen LogP contribution in [0.2, 0.25) is 5.02 Å². The highest BCUT2D eigenvalue weighted by Crippen LogP contribution is 2.19. The average Bonchev–Trinajstić information content (AvgIpc) is 2.26. The molecule has 82 valence electrons. The number of esters is 1. The molecule has 1 aromatic rings. The summed E-state index contributed by atoms with van der Waals surface area (Å²) >= 11 is 5.74. The van der Waals surface area contributed by atoms with Crippen molar-refractivity contribution in [2.24, 2.45) is 5.73 Å². The zero-order chi connectivity index (χ0) is 11.4. The van der Waals surface area contributed by atoms with Crippen LogP contribution in [0, 0.1) is 0 Å². The van der Waals surface area contributed by atoms with Gasteiger partial charge in [-0.05, 0) is 17.7 Å². The Hall–Kier alpha value is -1.10. The van der Waals surface area contributed by atoms with Gasteiger partial charge in [0.05, 0.1) is 7.11 Å². The standard InChI is InChI=1S/C10H12ClNO3/c1-15-10(14)8(12)9(13)6-3-2-4-7(11)5-6/h2-5,8-9,13H,12H2,1H3/t8-,9-/m1/s1. The van der Waals surface area contributed by atoms with E-state index in [1.807, 2.05) is 0 Å². The highest BCUT2D eigenvalue weighted by molar-refractivity contribution is 6.30. The van der Waals surface area contributed by atoms with E-state index in [1.54, 1.807) is 24.3 Å². The monoisotopic (exact) mass is 229 g/mol. The predicted octanol–water partition coefficient (Wildman–Crippen LogP) is 0.874. The van der Waals surface area contributed by atoms with Gasteiger partial charge in [-0.3, -0.25) is 4.79 Å². The topological polar surface area (TPSA) is 72.5 Å². The van der Waals surface area contributed by atoms with E-state index in [2.05, 4.69) is 4.74 Å². The largest absolute Gasteiger partial charge is 0.468 e. The molecule has 0 radical (unpaired) electrons. The van der Waals surface area contributed by atoms with Crippen LogP contribution in [0.3, 0.4) is 0 Å². The molecule has 0 aliphatic heterocycles. The molecule has 0 saturated heterocycles. The van der Waals surface area contributed by atoms with Gasteiger partial charge < -0.3 is 15.6 Å². The van der Waals surface area contributed by atoms with Crippen molar-refractivity contribution in [2.75, 3.05) is 7.11 Å². The fourth-order valence-corrected chi connectivity index (χ4v) is 1.36. The molecule has 4 nitrogen and oxygen atoms in total. The SMILES string of the molecule is COC(=O)[C@H](N)[C@H](O)c1cccc(Cl)c1. The first-order valence-electron chi connectivity index (χ1n) is 4.33. The Labute approximate surface area is 92.6 Å². The molecule has 0 spiro atoms. The van der Waals surface area contributed by atoms with Gasteiger partial charge in [-0.25, -0.2) is 0 Å². The number of rotatable bonds is 3. The zero-order valence-electron chi connectivity index (χ0n) is 8.18. The molecule has 0 aromatic heterocycles. The van der Waals surface area contributed by atoms with Gasteiger partial charge in [-0.15, -0.1) is 0 Å². The lowest BCUT2D eigenvalue weighted by Crippen LogP contribution is -2.37. The van der Waals surface area contributed by atoms with Crippen LogP contribution in [0.15, 0.2) is 24.3 Å². The van der Waals surface area contributed by atoms with Gasteiger partial charge in [0.1, 0.15) is 12.1 Å². The molecule has 0 fully saturated rings. The number of carbonyl (C=O) groups excluding carboxylic acids is 1. The molecule has 0 unspecified atom stereocenters. The number of aliphatic hydroxyl groups excluding tert-OH is 1. The highest BCUT2D eigenvalue weighted by atomic mass is 35.5. The Balaban J connectivity index is 2.84. The lowest BCUT2D eigenvalue weighted by molar-refractivity contribution is -0.145. The first-order chi connectivity index (χ1) is 7.06. The Bertz CT molecular complexity index is 356. The molecule has 0 saturated carbocycles. The van der Waals surface area contributed by atoms with Gasteiger partial charge in [0.2, 0.25) is 0 Å². The van der Waals surface area contributed by atoms with Crippen molar-refractivity contribution >= 4 is 17.6 Å². The van der Waals surface area contributed by atoms with E-state index in [0.29, 0.717) is 10.6 Å². The van der Waals surface area contributed by atoms with Crippen LogP contribution in [-0.2, 0) is 9.53 Å². The Morgan fingerprint density at radius 3 is 2.80 bits per heavy atom. The molecule has 15 heavy (non-hydrogen) atoms. The Morgan fingerprint density at radius 2 is 2.27 bits per heavy atom. The Morgan fingerprint density at radius 1 is 1.60 bits per heavy atom. The van der Waals surface area contributed by atoms with E-state index in [-0.39, 0.29) is 0 Å². The third-order valence-electron chi connectivity index (χ3n) is 2.00. The lowest BCUT2D eigenvalue weighted by Gasteiger charge is -2.16. The number of nitrogens with two attached hydrogens (primary N) is 1. The molecule has 5 heteroatoms. The number of halogens is 1. The number of hydrogen-bond donors (Lipinski definition) is 2. The number of methoxy groups -OCH3 is 1. The van der Waals surface area contributed by atoms with Crippen LogP contribution >= 0.6 is 11.6 Å². The van der Waals surface area contributed by atoms with Crippen molar-refractivity contribution in [3.05, 3.63) is 34.9 Å². The quantitative estimate of drug-likeness (QED) is 0.755. The summed E-state index contributed by atoms with van der Waals surface area (Å²) in [7, 11) is 1.22. The fourth-order valence-electron chi connectivity index (χ4n) is 1.16. The molecule has 0 aliphatic carbocycles. The highest BCUT2D eigenvalue weighted by Gasteiger charge is 2.24. The van der Waals surface area contributed by atoms with E-state index in [4.69, 9.17) is 17.3 Å². The third-order valence-corrected chi connectivity index (χ3v) is 2.24. The van der Waals surface area contributed by atoms with Crippen molar-refractivity contribution in [3.8, 4) is 0 Å². The van der Waals surface area contributed by atoms with Crippen LogP contribution in [0.25, 0.3) is 0 Å². The second-order valence-electron chi connectivity index (χ2n) is 3.05. The van der Waals surface area contributed by atoms with Crippen LogP contribution < -0.4 is 5.73 Å². The first kappa shape index (κ1) is 12.0. The summed E-state index contributed by atoms with van der Waals surface area (Å²) in [6.45, 7) is 0. The molecular formula is C10H12ClNO3. The van der Waals surface area contributed by atoms with Crippen LogP contribution in [0.5, 0.6) is 0 Å². The number of carbonyl (C=O) groups is 1. The summed E-state index contributed by atoms with van der Waals surface area (Å²) in [5.74, 6) is -0.664. The van der Waals surface area contributed by atoms with Crippen molar-refractivity contribution in [1.82, 2.24) is 0 Å². The summed E-state index contributed by atoms with van der Waals surface area (Å²) in [6, 6.07) is 5.43. The molecule has 2 atom stereocenters. The second-order valence-corrected chi connectivity index (χ2v) is 3.49. The maximum absolute atomic E-state index is 11.1. The van der Waals surface area contributed by atoms with E-state index in [1.165, 1.54) is 7.11 Å². The van der Waals surface area contributed by atoms with Gasteiger partial charge in [0.15, 0.2) is 0 Å². The van der Waals surface area contributed by atoms with Crippen molar-refractivity contribution in [2.45, 2.75) is 12.1 Å². The first-order valence-corrected chi connectivity index (χ1v) is 4.71. The smallest absolute Gasteiger partial charge is 0.325 e. The minimum absolute atomic E-state index is 0.476. The number of ether oxygens (including phenoxy) is 1. The minimum atomic E-state index is -1.11. The third kappa shape index (κ3) is 2.92. The summed E-state index contributed by atoms with van der Waals surface area (Å²) in [5, 5.41) is 10.2. The van der Waals surface area contributed by atoms with E-state index in [9.17, 15) is 9.90 Å². The molecule has 3 N–H and O–H groups in total. The maximum atomic E-state index is 11.1. The summed E-state index contributed by atoms with van der Waals surface area (Å²) < 4.78 is 4.43. The van der Waals surface area contributed by atoms with Crippen molar-refractivity contribution < 1.29 is 14.6 Å². The van der Waals surface area contributed by atoms with Gasteiger partial charge in [-0.1, -0.05) is 23.7 Å². The second kappa shape index (κ2) is 5.11.